The molecule has 2 rings (SSSR count). The van der Waals surface area contributed by atoms with Crippen LogP contribution in [0.5, 0.6) is 5.75 Å². The number of carbonyl (C=O) groups excluding carboxylic acids is 1. The summed E-state index contributed by atoms with van der Waals surface area (Å²) < 4.78 is 4.79. The van der Waals surface area contributed by atoms with Crippen molar-refractivity contribution in [3.05, 3.63) is 24.3 Å². The van der Waals surface area contributed by atoms with E-state index < -0.39 is 18.0 Å². The monoisotopic (exact) mass is 237 g/mol. The molecule has 0 saturated carbocycles. The number of carboxylic acids is 1. The molecule has 1 aromatic rings. The molecule has 1 aliphatic heterocycles. The van der Waals surface area contributed by atoms with E-state index in [1.165, 1.54) is 29.2 Å². The highest BCUT2D eigenvalue weighted by atomic mass is 16.6. The number of hydrogen-bond acceptors (Lipinski definition) is 4. The van der Waals surface area contributed by atoms with Gasteiger partial charge < -0.3 is 14.9 Å². The fraction of sp³-hybridized carbons (Fsp3) is 0.273. The Bertz CT molecular complexity index is 442. The quantitative estimate of drug-likeness (QED) is 0.802. The highest BCUT2D eigenvalue weighted by molar-refractivity contribution is 5.90. The van der Waals surface area contributed by atoms with Gasteiger partial charge in [-0.1, -0.05) is 0 Å². The number of nitrogens with zero attached hydrogens (tertiary/aromatic N) is 1. The molecule has 6 nitrogen and oxygen atoms in total. The maximum atomic E-state index is 11.5. The molecule has 1 amide bonds. The second kappa shape index (κ2) is 4.32. The first kappa shape index (κ1) is 11.3. The second-order valence-corrected chi connectivity index (χ2v) is 3.74. The van der Waals surface area contributed by atoms with Crippen LogP contribution in [-0.2, 0) is 9.53 Å². The van der Waals surface area contributed by atoms with Gasteiger partial charge in [-0.05, 0) is 24.3 Å². The summed E-state index contributed by atoms with van der Waals surface area (Å²) in [6.45, 7) is -0.0400. The third-order valence-corrected chi connectivity index (χ3v) is 2.54. The molecule has 90 valence electrons. The lowest BCUT2D eigenvalue weighted by Crippen LogP contribution is -2.45. The number of phenols is 1. The number of ether oxygens (including phenoxy) is 1. The number of amides is 1. The van der Waals surface area contributed by atoms with Gasteiger partial charge in [0, 0.05) is 12.2 Å². The third-order valence-electron chi connectivity index (χ3n) is 2.54. The Balaban J connectivity index is 2.20. The number of rotatable bonds is 2. The minimum Gasteiger partial charge on any atom is -0.508 e. The molecule has 1 heterocycles. The lowest BCUT2D eigenvalue weighted by Gasteiger charge is -2.30. The maximum absolute atomic E-state index is 11.5. The molecule has 2 N–H and O–H groups in total. The van der Waals surface area contributed by atoms with Crippen LogP contribution in [0, 0.1) is 5.92 Å². The van der Waals surface area contributed by atoms with Gasteiger partial charge in [0.1, 0.15) is 18.3 Å². The Labute approximate surface area is 97.0 Å². The van der Waals surface area contributed by atoms with Gasteiger partial charge in [0.05, 0.1) is 0 Å². The SMILES string of the molecule is O=C(O)C1COC(=O)N(c2ccc(O)cc2)C1. The number of aliphatic carboxylic acids is 1. The van der Waals surface area contributed by atoms with Crippen molar-refractivity contribution in [3.8, 4) is 5.75 Å². The highest BCUT2D eigenvalue weighted by Crippen LogP contribution is 2.23. The Morgan fingerprint density at radius 2 is 2.00 bits per heavy atom. The minimum absolute atomic E-state index is 0.0684. The summed E-state index contributed by atoms with van der Waals surface area (Å²) in [7, 11) is 0. The zero-order valence-electron chi connectivity index (χ0n) is 8.87. The van der Waals surface area contributed by atoms with E-state index in [-0.39, 0.29) is 18.9 Å². The number of anilines is 1. The summed E-state index contributed by atoms with van der Waals surface area (Å²) in [4.78, 5) is 23.6. The van der Waals surface area contributed by atoms with Crippen molar-refractivity contribution in [2.24, 2.45) is 5.92 Å². The zero-order valence-corrected chi connectivity index (χ0v) is 8.87. The first-order valence-electron chi connectivity index (χ1n) is 5.04. The first-order valence-corrected chi connectivity index (χ1v) is 5.04. The van der Waals surface area contributed by atoms with Gasteiger partial charge in [0.25, 0.3) is 0 Å². The Morgan fingerprint density at radius 1 is 1.35 bits per heavy atom. The molecular weight excluding hydrogens is 226 g/mol. The van der Waals surface area contributed by atoms with Crippen LogP contribution in [-0.4, -0.2) is 35.4 Å². The molecule has 1 aliphatic rings. The number of phenolic OH excluding ortho intramolecular Hbond substituents is 1. The topological polar surface area (TPSA) is 87.1 Å². The molecule has 1 aromatic carbocycles. The van der Waals surface area contributed by atoms with Crippen molar-refractivity contribution in [2.75, 3.05) is 18.1 Å². The summed E-state index contributed by atoms with van der Waals surface area (Å²) in [5.74, 6) is -1.66. The third kappa shape index (κ3) is 2.30. The fourth-order valence-corrected chi connectivity index (χ4v) is 1.59. The van der Waals surface area contributed by atoms with E-state index in [9.17, 15) is 9.59 Å². The number of benzene rings is 1. The lowest BCUT2D eigenvalue weighted by atomic mass is 10.1. The summed E-state index contributed by atoms with van der Waals surface area (Å²) in [6.07, 6.45) is -0.576. The Hall–Kier alpha value is -2.24. The normalized spacial score (nSPS) is 19.9. The van der Waals surface area contributed by atoms with Crippen molar-refractivity contribution < 1.29 is 24.5 Å². The molecule has 1 unspecified atom stereocenters. The van der Waals surface area contributed by atoms with Crippen LogP contribution in [0.25, 0.3) is 0 Å². The number of hydrogen-bond donors (Lipinski definition) is 2. The number of aromatic hydroxyl groups is 1. The maximum Gasteiger partial charge on any atom is 0.414 e. The van der Waals surface area contributed by atoms with E-state index in [0.29, 0.717) is 5.69 Å². The first-order chi connectivity index (χ1) is 8.08. The van der Waals surface area contributed by atoms with Gasteiger partial charge in [0.15, 0.2) is 0 Å². The second-order valence-electron chi connectivity index (χ2n) is 3.74. The average Bonchev–Trinajstić information content (AvgIpc) is 2.31. The zero-order chi connectivity index (χ0) is 12.4. The van der Waals surface area contributed by atoms with Crippen LogP contribution in [0.3, 0.4) is 0 Å². The molecule has 1 atom stereocenters. The van der Waals surface area contributed by atoms with E-state index >= 15 is 0 Å². The highest BCUT2D eigenvalue weighted by Gasteiger charge is 2.32. The van der Waals surface area contributed by atoms with Crippen LogP contribution in [0.2, 0.25) is 0 Å². The van der Waals surface area contributed by atoms with Gasteiger partial charge in [-0.25, -0.2) is 4.79 Å². The van der Waals surface area contributed by atoms with Gasteiger partial charge in [-0.3, -0.25) is 9.69 Å². The summed E-state index contributed by atoms with van der Waals surface area (Å²) >= 11 is 0. The average molecular weight is 237 g/mol. The van der Waals surface area contributed by atoms with Gasteiger partial charge in [-0.15, -0.1) is 0 Å². The molecule has 1 saturated heterocycles. The van der Waals surface area contributed by atoms with E-state index in [1.807, 2.05) is 0 Å². The fourth-order valence-electron chi connectivity index (χ4n) is 1.59. The van der Waals surface area contributed by atoms with Crippen molar-refractivity contribution in [1.29, 1.82) is 0 Å². The molecule has 1 fully saturated rings. The standard InChI is InChI=1S/C11H11NO5/c13-9-3-1-8(2-4-9)12-5-7(10(14)15)6-17-11(12)16/h1-4,7,13H,5-6H2,(H,14,15). The van der Waals surface area contributed by atoms with Gasteiger partial charge >= 0.3 is 12.1 Å². The van der Waals surface area contributed by atoms with Crippen molar-refractivity contribution in [1.82, 2.24) is 0 Å². The number of carboxylic acid groups (broad SMARTS) is 1. The van der Waals surface area contributed by atoms with Crippen LogP contribution < -0.4 is 4.90 Å². The predicted molar refractivity (Wildman–Crippen MR) is 57.9 cm³/mol. The Kier molecular flexibility index (Phi) is 2.86. The van der Waals surface area contributed by atoms with Crippen LogP contribution in [0.15, 0.2) is 24.3 Å². The van der Waals surface area contributed by atoms with E-state index in [4.69, 9.17) is 14.9 Å². The number of cyclic esters (lactones) is 1. The van der Waals surface area contributed by atoms with Crippen molar-refractivity contribution in [3.63, 3.8) is 0 Å². The van der Waals surface area contributed by atoms with Crippen LogP contribution in [0.4, 0.5) is 10.5 Å². The molecule has 0 radical (unpaired) electrons. The molecule has 0 spiro atoms. The summed E-state index contributed by atoms with van der Waals surface area (Å²) in [5, 5.41) is 18.0. The van der Waals surface area contributed by atoms with E-state index in [2.05, 4.69) is 0 Å². The molecule has 0 aromatic heterocycles. The van der Waals surface area contributed by atoms with Crippen LogP contribution >= 0.6 is 0 Å². The van der Waals surface area contributed by atoms with E-state index in [0.717, 1.165) is 0 Å². The van der Waals surface area contributed by atoms with Crippen molar-refractivity contribution >= 4 is 17.7 Å². The van der Waals surface area contributed by atoms with Gasteiger partial charge in [-0.2, -0.15) is 0 Å². The van der Waals surface area contributed by atoms with Gasteiger partial charge in [0.2, 0.25) is 0 Å². The lowest BCUT2D eigenvalue weighted by molar-refractivity contribution is -0.143. The summed E-state index contributed by atoms with van der Waals surface area (Å²) in [5.41, 5.74) is 0.499. The van der Waals surface area contributed by atoms with Crippen LogP contribution in [0.1, 0.15) is 0 Å². The molecular formula is C11H11NO5. The molecule has 0 aliphatic carbocycles. The van der Waals surface area contributed by atoms with E-state index in [1.54, 1.807) is 0 Å². The molecule has 6 heteroatoms. The predicted octanol–water partition coefficient (Wildman–Crippen LogP) is 1.05. The smallest absolute Gasteiger partial charge is 0.414 e. The minimum atomic E-state index is -0.999. The summed E-state index contributed by atoms with van der Waals surface area (Å²) in [6, 6.07) is 5.90. The molecule has 17 heavy (non-hydrogen) atoms. The Morgan fingerprint density at radius 3 is 2.59 bits per heavy atom. The largest absolute Gasteiger partial charge is 0.508 e. The van der Waals surface area contributed by atoms with Crippen molar-refractivity contribution in [2.45, 2.75) is 0 Å². The number of carbonyl (C=O) groups is 2. The molecule has 0 bridgehead atoms.